The van der Waals surface area contributed by atoms with Crippen LogP contribution in [0, 0.1) is 6.92 Å². The predicted octanol–water partition coefficient (Wildman–Crippen LogP) is 4.37. The number of amides is 1. The van der Waals surface area contributed by atoms with Gasteiger partial charge in [-0.25, -0.2) is 4.98 Å². The van der Waals surface area contributed by atoms with E-state index < -0.39 is 0 Å². The standard InChI is InChI=1S/C22H22N2O3S/c1-16-24-19(15-28-16)14-27-20-8-5-6-17(12-20)10-11-22(25)23-13-18-7-3-4-9-21(18)26-2/h3-12,15H,13-14H2,1-2H3,(H,23,25)/b11-10+. The fraction of sp³-hybridized carbons (Fsp3) is 0.182. The van der Waals surface area contributed by atoms with Crippen molar-refractivity contribution in [3.8, 4) is 11.5 Å². The summed E-state index contributed by atoms with van der Waals surface area (Å²) in [5.74, 6) is 1.32. The van der Waals surface area contributed by atoms with E-state index in [0.717, 1.165) is 33.3 Å². The maximum atomic E-state index is 12.1. The van der Waals surface area contributed by atoms with E-state index in [0.29, 0.717) is 13.2 Å². The second-order valence-electron chi connectivity index (χ2n) is 6.08. The molecule has 5 nitrogen and oxygen atoms in total. The number of carbonyl (C=O) groups excluding carboxylic acids is 1. The first kappa shape index (κ1) is 19.6. The molecule has 2 aromatic carbocycles. The molecular formula is C22H22N2O3S. The Morgan fingerprint density at radius 2 is 2.07 bits per heavy atom. The summed E-state index contributed by atoms with van der Waals surface area (Å²) in [6, 6.07) is 15.2. The topological polar surface area (TPSA) is 60.5 Å². The number of hydrogen-bond acceptors (Lipinski definition) is 5. The molecule has 0 radical (unpaired) electrons. The van der Waals surface area contributed by atoms with Gasteiger partial charge < -0.3 is 14.8 Å². The molecule has 144 valence electrons. The Kier molecular flexibility index (Phi) is 6.81. The molecule has 6 heteroatoms. The summed E-state index contributed by atoms with van der Waals surface area (Å²) in [7, 11) is 1.62. The lowest BCUT2D eigenvalue weighted by atomic mass is 10.2. The van der Waals surface area contributed by atoms with E-state index >= 15 is 0 Å². The van der Waals surface area contributed by atoms with E-state index in [1.165, 1.54) is 6.08 Å². The van der Waals surface area contributed by atoms with Gasteiger partial charge in [0.25, 0.3) is 0 Å². The van der Waals surface area contributed by atoms with Crippen molar-refractivity contribution in [3.63, 3.8) is 0 Å². The van der Waals surface area contributed by atoms with Crippen LogP contribution in [-0.4, -0.2) is 18.0 Å². The van der Waals surface area contributed by atoms with Gasteiger partial charge in [0.1, 0.15) is 18.1 Å². The van der Waals surface area contributed by atoms with Gasteiger partial charge in [-0.05, 0) is 36.8 Å². The summed E-state index contributed by atoms with van der Waals surface area (Å²) in [4.78, 5) is 16.5. The number of methoxy groups -OCH3 is 1. The Morgan fingerprint density at radius 3 is 2.86 bits per heavy atom. The number of ether oxygens (including phenoxy) is 2. The lowest BCUT2D eigenvalue weighted by molar-refractivity contribution is -0.116. The van der Waals surface area contributed by atoms with E-state index in [1.54, 1.807) is 24.5 Å². The summed E-state index contributed by atoms with van der Waals surface area (Å²) >= 11 is 1.60. The number of rotatable bonds is 8. The van der Waals surface area contributed by atoms with Crippen molar-refractivity contribution in [1.82, 2.24) is 10.3 Å². The average Bonchev–Trinajstić information content (AvgIpc) is 3.15. The first-order valence-electron chi connectivity index (χ1n) is 8.86. The molecule has 0 bridgehead atoms. The van der Waals surface area contributed by atoms with Crippen LogP contribution in [0.2, 0.25) is 0 Å². The van der Waals surface area contributed by atoms with Gasteiger partial charge in [-0.1, -0.05) is 30.3 Å². The molecule has 0 saturated carbocycles. The highest BCUT2D eigenvalue weighted by atomic mass is 32.1. The highest BCUT2D eigenvalue weighted by molar-refractivity contribution is 7.09. The third-order valence-corrected chi connectivity index (χ3v) is 4.81. The molecule has 1 heterocycles. The second-order valence-corrected chi connectivity index (χ2v) is 7.14. The van der Waals surface area contributed by atoms with Gasteiger partial charge in [0.2, 0.25) is 5.91 Å². The van der Waals surface area contributed by atoms with E-state index in [4.69, 9.17) is 9.47 Å². The third kappa shape index (κ3) is 5.69. The summed E-state index contributed by atoms with van der Waals surface area (Å²) in [5, 5.41) is 5.88. The van der Waals surface area contributed by atoms with Crippen LogP contribution in [0.5, 0.6) is 11.5 Å². The van der Waals surface area contributed by atoms with E-state index in [-0.39, 0.29) is 5.91 Å². The molecule has 0 saturated heterocycles. The lowest BCUT2D eigenvalue weighted by Gasteiger charge is -2.08. The van der Waals surface area contributed by atoms with E-state index in [9.17, 15) is 4.79 Å². The molecule has 28 heavy (non-hydrogen) atoms. The van der Waals surface area contributed by atoms with E-state index in [1.807, 2.05) is 60.8 Å². The van der Waals surface area contributed by atoms with Gasteiger partial charge in [-0.2, -0.15) is 0 Å². The van der Waals surface area contributed by atoms with Gasteiger partial charge in [0.05, 0.1) is 17.8 Å². The fourth-order valence-corrected chi connectivity index (χ4v) is 3.20. The molecule has 0 aliphatic carbocycles. The van der Waals surface area contributed by atoms with Gasteiger partial charge in [-0.15, -0.1) is 11.3 Å². The maximum Gasteiger partial charge on any atom is 0.244 e. The largest absolute Gasteiger partial charge is 0.496 e. The summed E-state index contributed by atoms with van der Waals surface area (Å²) < 4.78 is 11.1. The van der Waals surface area contributed by atoms with Crippen LogP contribution >= 0.6 is 11.3 Å². The zero-order chi connectivity index (χ0) is 19.8. The molecule has 1 N–H and O–H groups in total. The van der Waals surface area contributed by atoms with Crippen molar-refractivity contribution in [1.29, 1.82) is 0 Å². The molecule has 1 amide bonds. The number of nitrogens with one attached hydrogen (secondary N) is 1. The first-order chi connectivity index (χ1) is 13.6. The summed E-state index contributed by atoms with van der Waals surface area (Å²) in [6.07, 6.45) is 3.27. The number of aryl methyl sites for hydroxylation is 1. The van der Waals surface area contributed by atoms with Crippen molar-refractivity contribution in [2.24, 2.45) is 0 Å². The Labute approximate surface area is 168 Å². The van der Waals surface area contributed by atoms with Gasteiger partial charge >= 0.3 is 0 Å². The SMILES string of the molecule is COc1ccccc1CNC(=O)/C=C/c1cccc(OCc2csc(C)n2)c1. The van der Waals surface area contributed by atoms with Crippen LogP contribution in [0.25, 0.3) is 6.08 Å². The Morgan fingerprint density at radius 1 is 1.21 bits per heavy atom. The maximum absolute atomic E-state index is 12.1. The highest BCUT2D eigenvalue weighted by Gasteiger charge is 2.03. The van der Waals surface area contributed by atoms with Crippen LogP contribution in [0.4, 0.5) is 0 Å². The van der Waals surface area contributed by atoms with Crippen LogP contribution in [0.1, 0.15) is 21.8 Å². The number of thiazole rings is 1. The fourth-order valence-electron chi connectivity index (χ4n) is 2.60. The second kappa shape index (κ2) is 9.71. The minimum Gasteiger partial charge on any atom is -0.496 e. The van der Waals surface area contributed by atoms with Gasteiger partial charge in [-0.3, -0.25) is 4.79 Å². The van der Waals surface area contributed by atoms with Gasteiger partial charge in [0.15, 0.2) is 0 Å². The zero-order valence-corrected chi connectivity index (χ0v) is 16.7. The molecule has 3 rings (SSSR count). The molecule has 1 aromatic heterocycles. The number of nitrogens with zero attached hydrogens (tertiary/aromatic N) is 1. The zero-order valence-electron chi connectivity index (χ0n) is 15.8. The monoisotopic (exact) mass is 394 g/mol. The van der Waals surface area contributed by atoms with Crippen LogP contribution in [0.3, 0.4) is 0 Å². The molecule has 0 aliphatic heterocycles. The molecule has 3 aromatic rings. The van der Waals surface area contributed by atoms with Gasteiger partial charge in [0, 0.05) is 23.6 Å². The minimum absolute atomic E-state index is 0.171. The van der Waals surface area contributed by atoms with Crippen LogP contribution in [0.15, 0.2) is 60.0 Å². The van der Waals surface area contributed by atoms with Crippen molar-refractivity contribution in [2.45, 2.75) is 20.1 Å². The van der Waals surface area contributed by atoms with Crippen molar-refractivity contribution in [3.05, 3.63) is 81.8 Å². The molecule has 0 atom stereocenters. The highest BCUT2D eigenvalue weighted by Crippen LogP contribution is 2.18. The number of carbonyl (C=O) groups is 1. The van der Waals surface area contributed by atoms with E-state index in [2.05, 4.69) is 10.3 Å². The van der Waals surface area contributed by atoms with Crippen molar-refractivity contribution >= 4 is 23.3 Å². The Balaban J connectivity index is 1.53. The normalized spacial score (nSPS) is 10.8. The summed E-state index contributed by atoms with van der Waals surface area (Å²) in [6.45, 7) is 2.80. The number of benzene rings is 2. The molecule has 0 fully saturated rings. The predicted molar refractivity (Wildman–Crippen MR) is 111 cm³/mol. The Hall–Kier alpha value is -3.12. The van der Waals surface area contributed by atoms with Crippen LogP contribution < -0.4 is 14.8 Å². The third-order valence-electron chi connectivity index (χ3n) is 3.98. The Bertz CT molecular complexity index is 966. The number of hydrogen-bond donors (Lipinski definition) is 1. The lowest BCUT2D eigenvalue weighted by Crippen LogP contribution is -2.20. The van der Waals surface area contributed by atoms with Crippen molar-refractivity contribution in [2.75, 3.05) is 7.11 Å². The number of para-hydroxylation sites is 1. The average molecular weight is 394 g/mol. The quantitative estimate of drug-likeness (QED) is 0.577. The molecule has 0 unspecified atom stereocenters. The number of aromatic nitrogens is 1. The molecule has 0 aliphatic rings. The summed E-state index contributed by atoms with van der Waals surface area (Å²) in [5.41, 5.74) is 2.73. The first-order valence-corrected chi connectivity index (χ1v) is 9.73. The minimum atomic E-state index is -0.171. The van der Waals surface area contributed by atoms with Crippen molar-refractivity contribution < 1.29 is 14.3 Å². The smallest absolute Gasteiger partial charge is 0.244 e. The van der Waals surface area contributed by atoms with Crippen LogP contribution in [-0.2, 0) is 17.9 Å². The molecular weight excluding hydrogens is 372 g/mol. The molecule has 0 spiro atoms.